The summed E-state index contributed by atoms with van der Waals surface area (Å²) in [6, 6.07) is 6.41. The van der Waals surface area contributed by atoms with Crippen LogP contribution in [0.5, 0.6) is 5.75 Å². The van der Waals surface area contributed by atoms with E-state index in [1.165, 1.54) is 24.0 Å². The number of Topliss-reactive ketones (excluding diaryl/α,β-unsaturated/α-hetero) is 1. The summed E-state index contributed by atoms with van der Waals surface area (Å²) in [4.78, 5) is 15.0. The molecule has 1 heterocycles. The van der Waals surface area contributed by atoms with E-state index < -0.39 is 11.0 Å². The maximum Gasteiger partial charge on any atom is 0.134 e. The second kappa shape index (κ2) is 5.31. The highest BCUT2D eigenvalue weighted by molar-refractivity contribution is 5.82. The van der Waals surface area contributed by atoms with Crippen molar-refractivity contribution in [3.05, 3.63) is 29.3 Å². The second-order valence-electron chi connectivity index (χ2n) is 8.65. The molecule has 0 radical (unpaired) electrons. The van der Waals surface area contributed by atoms with Gasteiger partial charge >= 0.3 is 0 Å². The van der Waals surface area contributed by atoms with Crippen molar-refractivity contribution in [2.45, 2.75) is 62.0 Å². The summed E-state index contributed by atoms with van der Waals surface area (Å²) in [5.41, 5.74) is 1.26. The molecule has 3 fully saturated rings. The van der Waals surface area contributed by atoms with Crippen molar-refractivity contribution in [2.75, 3.05) is 20.2 Å². The Labute approximate surface area is 149 Å². The van der Waals surface area contributed by atoms with Gasteiger partial charge in [0.15, 0.2) is 0 Å². The highest BCUT2D eigenvalue weighted by Gasteiger charge is 2.64. The number of methoxy groups -OCH3 is 1. The molecule has 4 heteroatoms. The first-order valence-electron chi connectivity index (χ1n) is 9.71. The Bertz CT molecular complexity index is 728. The van der Waals surface area contributed by atoms with Crippen LogP contribution in [-0.4, -0.2) is 47.6 Å². The molecule has 3 aliphatic carbocycles. The lowest BCUT2D eigenvalue weighted by Gasteiger charge is -2.63. The number of benzene rings is 1. The summed E-state index contributed by atoms with van der Waals surface area (Å²) in [5, 5.41) is 12.0. The van der Waals surface area contributed by atoms with Crippen molar-refractivity contribution in [1.82, 2.24) is 4.90 Å². The topological polar surface area (TPSA) is 49.8 Å². The van der Waals surface area contributed by atoms with E-state index in [2.05, 4.69) is 17.0 Å². The zero-order valence-corrected chi connectivity index (χ0v) is 15.0. The standard InChI is InChI=1S/C21H27NO3/c1-25-17-5-4-15-10-19-21(24)7-6-16(23)12-20(21,18(15)11-17)8-9-22(19)13-14-2-3-14/h4-5,11,14,19,24H,2-3,6-10,12-13H2,1H3/t19?,20-,21-/m1/s1. The van der Waals surface area contributed by atoms with E-state index in [1.807, 2.05) is 6.07 Å². The Hall–Kier alpha value is -1.39. The van der Waals surface area contributed by atoms with Crippen LogP contribution >= 0.6 is 0 Å². The number of hydrogen-bond donors (Lipinski definition) is 1. The number of piperidine rings is 1. The molecule has 4 aliphatic rings. The highest BCUT2D eigenvalue weighted by atomic mass is 16.5. The minimum Gasteiger partial charge on any atom is -0.497 e. The molecule has 1 aliphatic heterocycles. The third kappa shape index (κ3) is 2.16. The monoisotopic (exact) mass is 341 g/mol. The van der Waals surface area contributed by atoms with E-state index in [0.29, 0.717) is 25.0 Å². The number of ether oxygens (including phenoxy) is 1. The van der Waals surface area contributed by atoms with Gasteiger partial charge in [0, 0.05) is 30.8 Å². The van der Waals surface area contributed by atoms with Crippen LogP contribution in [0.1, 0.15) is 49.7 Å². The van der Waals surface area contributed by atoms with Crippen molar-refractivity contribution in [3.63, 3.8) is 0 Å². The third-order valence-electron chi connectivity index (χ3n) is 7.37. The SMILES string of the molecule is COc1ccc2c(c1)[C@]13CCN(CC4CC4)C(C2)[C@]1(O)CCC(=O)C3. The Morgan fingerprint density at radius 2 is 2.16 bits per heavy atom. The number of fused-ring (bicyclic) bond motifs is 1. The van der Waals surface area contributed by atoms with Crippen LogP contribution in [0.15, 0.2) is 18.2 Å². The first kappa shape index (κ1) is 15.8. The molecule has 2 saturated carbocycles. The van der Waals surface area contributed by atoms with Gasteiger partial charge in [0.25, 0.3) is 0 Å². The lowest BCUT2D eigenvalue weighted by Crippen LogP contribution is -2.73. The predicted molar refractivity (Wildman–Crippen MR) is 94.9 cm³/mol. The maximum atomic E-state index is 12.4. The molecule has 25 heavy (non-hydrogen) atoms. The minimum absolute atomic E-state index is 0.149. The van der Waals surface area contributed by atoms with Gasteiger partial charge in [0.05, 0.1) is 12.7 Å². The number of hydrogen-bond acceptors (Lipinski definition) is 4. The van der Waals surface area contributed by atoms with Crippen LogP contribution in [0.4, 0.5) is 0 Å². The fraction of sp³-hybridized carbons (Fsp3) is 0.667. The van der Waals surface area contributed by atoms with Crippen LogP contribution in [-0.2, 0) is 16.6 Å². The molecule has 1 aromatic rings. The van der Waals surface area contributed by atoms with Crippen molar-refractivity contribution in [3.8, 4) is 5.75 Å². The van der Waals surface area contributed by atoms with E-state index in [-0.39, 0.29) is 6.04 Å². The molecule has 1 aromatic carbocycles. The van der Waals surface area contributed by atoms with Crippen molar-refractivity contribution >= 4 is 5.78 Å². The molecule has 0 aromatic heterocycles. The van der Waals surface area contributed by atoms with Crippen LogP contribution in [0.25, 0.3) is 0 Å². The molecule has 2 bridgehead atoms. The first-order chi connectivity index (χ1) is 12.1. The second-order valence-corrected chi connectivity index (χ2v) is 8.65. The molecule has 5 rings (SSSR count). The molecular formula is C21H27NO3. The van der Waals surface area contributed by atoms with E-state index >= 15 is 0 Å². The van der Waals surface area contributed by atoms with E-state index in [0.717, 1.165) is 37.6 Å². The molecule has 1 N–H and O–H groups in total. The Kier molecular flexibility index (Phi) is 3.36. The normalized spacial score (nSPS) is 37.4. The fourth-order valence-electron chi connectivity index (χ4n) is 5.86. The van der Waals surface area contributed by atoms with Crippen molar-refractivity contribution in [1.29, 1.82) is 0 Å². The quantitative estimate of drug-likeness (QED) is 0.917. The Balaban J connectivity index is 1.64. The molecule has 134 valence electrons. The lowest BCUT2D eigenvalue weighted by molar-refractivity contribution is -0.173. The fourth-order valence-corrected chi connectivity index (χ4v) is 5.86. The smallest absolute Gasteiger partial charge is 0.134 e. The molecule has 1 unspecified atom stereocenters. The van der Waals surface area contributed by atoms with Crippen LogP contribution in [0.2, 0.25) is 0 Å². The number of aliphatic hydroxyl groups is 1. The molecule has 3 atom stereocenters. The van der Waals surface area contributed by atoms with E-state index in [4.69, 9.17) is 4.74 Å². The summed E-state index contributed by atoms with van der Waals surface area (Å²) < 4.78 is 5.46. The molecule has 1 saturated heterocycles. The molecule has 0 spiro atoms. The summed E-state index contributed by atoms with van der Waals surface area (Å²) in [5.74, 6) is 1.95. The molecule has 4 nitrogen and oxygen atoms in total. The Morgan fingerprint density at radius 1 is 1.32 bits per heavy atom. The largest absolute Gasteiger partial charge is 0.497 e. The first-order valence-corrected chi connectivity index (χ1v) is 9.71. The highest BCUT2D eigenvalue weighted by Crippen LogP contribution is 2.58. The zero-order valence-electron chi connectivity index (χ0n) is 15.0. The van der Waals surface area contributed by atoms with Gasteiger partial charge < -0.3 is 9.84 Å². The number of likely N-dealkylation sites (tertiary alicyclic amines) is 1. The summed E-state index contributed by atoms with van der Waals surface area (Å²) >= 11 is 0. The van der Waals surface area contributed by atoms with Gasteiger partial charge in [-0.05, 0) is 67.8 Å². The average molecular weight is 341 g/mol. The Morgan fingerprint density at radius 3 is 2.92 bits per heavy atom. The summed E-state index contributed by atoms with van der Waals surface area (Å²) in [7, 11) is 1.68. The third-order valence-corrected chi connectivity index (χ3v) is 7.37. The van der Waals surface area contributed by atoms with E-state index in [9.17, 15) is 9.90 Å². The van der Waals surface area contributed by atoms with Gasteiger partial charge in [-0.25, -0.2) is 0 Å². The summed E-state index contributed by atoms with van der Waals surface area (Å²) in [6.45, 7) is 2.11. The number of nitrogens with zero attached hydrogens (tertiary/aromatic N) is 1. The lowest BCUT2D eigenvalue weighted by atomic mass is 9.49. The number of rotatable bonds is 3. The molecular weight excluding hydrogens is 314 g/mol. The predicted octanol–water partition coefficient (Wildman–Crippen LogP) is 2.46. The average Bonchev–Trinajstić information content (AvgIpc) is 3.42. The molecule has 0 amide bonds. The van der Waals surface area contributed by atoms with Gasteiger partial charge in [0.2, 0.25) is 0 Å². The van der Waals surface area contributed by atoms with Gasteiger partial charge in [-0.3, -0.25) is 9.69 Å². The van der Waals surface area contributed by atoms with E-state index in [1.54, 1.807) is 7.11 Å². The van der Waals surface area contributed by atoms with Crippen LogP contribution in [0, 0.1) is 5.92 Å². The van der Waals surface area contributed by atoms with Crippen molar-refractivity contribution in [2.24, 2.45) is 5.92 Å². The number of carbonyl (C=O) groups is 1. The van der Waals surface area contributed by atoms with Gasteiger partial charge in [-0.15, -0.1) is 0 Å². The maximum absolute atomic E-state index is 12.4. The zero-order chi connectivity index (χ0) is 17.2. The van der Waals surface area contributed by atoms with Gasteiger partial charge in [-0.2, -0.15) is 0 Å². The number of carbonyl (C=O) groups excluding carboxylic acids is 1. The minimum atomic E-state index is -0.784. The van der Waals surface area contributed by atoms with Crippen LogP contribution < -0.4 is 4.74 Å². The number of ketones is 1. The van der Waals surface area contributed by atoms with Gasteiger partial charge in [0.1, 0.15) is 11.5 Å². The van der Waals surface area contributed by atoms with Gasteiger partial charge in [-0.1, -0.05) is 6.07 Å². The van der Waals surface area contributed by atoms with Crippen molar-refractivity contribution < 1.29 is 14.6 Å². The summed E-state index contributed by atoms with van der Waals surface area (Å²) in [6.07, 6.45) is 6.03. The van der Waals surface area contributed by atoms with Crippen LogP contribution in [0.3, 0.4) is 0 Å².